The van der Waals surface area contributed by atoms with Gasteiger partial charge in [-0.05, 0) is 47.9 Å². The van der Waals surface area contributed by atoms with Crippen molar-refractivity contribution in [3.63, 3.8) is 0 Å². The number of carbonyl (C=O) groups excluding carboxylic acids is 1. The minimum Gasteiger partial charge on any atom is -0.366 e. The molecule has 3 rings (SSSR count). The number of hydrogen-bond acceptors (Lipinski definition) is 3. The van der Waals surface area contributed by atoms with E-state index >= 15 is 0 Å². The highest BCUT2D eigenvalue weighted by Gasteiger charge is 2.11. The second kappa shape index (κ2) is 6.58. The lowest BCUT2D eigenvalue weighted by Gasteiger charge is -2.06. The molecule has 0 aliphatic carbocycles. The summed E-state index contributed by atoms with van der Waals surface area (Å²) in [6.45, 7) is 0. The van der Waals surface area contributed by atoms with E-state index in [4.69, 9.17) is 17.3 Å². The molecular formula is C18H14ClN3O. The highest BCUT2D eigenvalue weighted by Crippen LogP contribution is 2.20. The van der Waals surface area contributed by atoms with Gasteiger partial charge in [-0.15, -0.1) is 0 Å². The fraction of sp³-hybridized carbons (Fsp3) is 0.0556. The molecule has 1 aromatic carbocycles. The lowest BCUT2D eigenvalue weighted by atomic mass is 10.1. The smallest absolute Gasteiger partial charge is 0.250 e. The predicted octanol–water partition coefficient (Wildman–Crippen LogP) is 3.49. The van der Waals surface area contributed by atoms with Gasteiger partial charge in [0.2, 0.25) is 0 Å². The van der Waals surface area contributed by atoms with E-state index in [9.17, 15) is 4.79 Å². The first-order chi connectivity index (χ1) is 11.1. The summed E-state index contributed by atoms with van der Waals surface area (Å²) in [5.74, 6) is -0.516. The van der Waals surface area contributed by atoms with E-state index in [0.29, 0.717) is 22.0 Å². The Hall–Kier alpha value is -2.72. The van der Waals surface area contributed by atoms with Crippen LogP contribution in [0.4, 0.5) is 0 Å². The van der Waals surface area contributed by atoms with Gasteiger partial charge in [-0.3, -0.25) is 14.8 Å². The molecule has 23 heavy (non-hydrogen) atoms. The first-order valence-corrected chi connectivity index (χ1v) is 7.46. The van der Waals surface area contributed by atoms with E-state index in [1.165, 1.54) is 0 Å². The molecule has 0 saturated heterocycles. The van der Waals surface area contributed by atoms with Gasteiger partial charge in [0.05, 0.1) is 11.3 Å². The van der Waals surface area contributed by atoms with E-state index in [-0.39, 0.29) is 0 Å². The second-order valence-electron chi connectivity index (χ2n) is 5.12. The number of pyridine rings is 2. The van der Waals surface area contributed by atoms with Gasteiger partial charge in [-0.1, -0.05) is 29.8 Å². The molecule has 0 spiro atoms. The number of nitrogens with zero attached hydrogens (tertiary/aromatic N) is 2. The number of nitrogens with two attached hydrogens (primary N) is 1. The second-order valence-corrected chi connectivity index (χ2v) is 5.56. The largest absolute Gasteiger partial charge is 0.366 e. The maximum atomic E-state index is 11.5. The highest BCUT2D eigenvalue weighted by molar-refractivity contribution is 6.30. The quantitative estimate of drug-likeness (QED) is 0.799. The maximum absolute atomic E-state index is 11.5. The number of rotatable bonds is 4. The number of hydrogen-bond donors (Lipinski definition) is 1. The molecule has 1 amide bonds. The van der Waals surface area contributed by atoms with Crippen LogP contribution in [-0.4, -0.2) is 15.9 Å². The van der Waals surface area contributed by atoms with Crippen molar-refractivity contribution in [1.82, 2.24) is 9.97 Å². The minimum absolute atomic E-state index is 0.364. The summed E-state index contributed by atoms with van der Waals surface area (Å²) in [6.07, 6.45) is 4.12. The SMILES string of the molecule is NC(=O)c1cccnc1-c1ccc(Cc2cccc(Cl)c2)cn1. The van der Waals surface area contributed by atoms with Crippen molar-refractivity contribution >= 4 is 17.5 Å². The molecule has 2 heterocycles. The van der Waals surface area contributed by atoms with Crippen LogP contribution in [0.2, 0.25) is 5.02 Å². The van der Waals surface area contributed by atoms with Gasteiger partial charge in [0.1, 0.15) is 5.69 Å². The topological polar surface area (TPSA) is 68.9 Å². The number of carbonyl (C=O) groups is 1. The molecule has 0 unspecified atom stereocenters. The number of amides is 1. The highest BCUT2D eigenvalue weighted by atomic mass is 35.5. The summed E-state index contributed by atoms with van der Waals surface area (Å²) in [5.41, 5.74) is 9.02. The van der Waals surface area contributed by atoms with Gasteiger partial charge < -0.3 is 5.73 Å². The molecule has 2 aromatic heterocycles. The van der Waals surface area contributed by atoms with Crippen LogP contribution in [0, 0.1) is 0 Å². The Morgan fingerprint density at radius 3 is 2.61 bits per heavy atom. The number of aromatic nitrogens is 2. The number of benzene rings is 1. The van der Waals surface area contributed by atoms with E-state index in [0.717, 1.165) is 17.5 Å². The third-order valence-electron chi connectivity index (χ3n) is 3.44. The van der Waals surface area contributed by atoms with Crippen molar-refractivity contribution in [2.45, 2.75) is 6.42 Å². The Morgan fingerprint density at radius 2 is 1.91 bits per heavy atom. The summed E-state index contributed by atoms with van der Waals surface area (Å²) in [7, 11) is 0. The molecule has 0 atom stereocenters. The lowest BCUT2D eigenvalue weighted by molar-refractivity contribution is 0.100. The zero-order chi connectivity index (χ0) is 16.2. The molecule has 0 saturated carbocycles. The van der Waals surface area contributed by atoms with Crippen LogP contribution >= 0.6 is 11.6 Å². The summed E-state index contributed by atoms with van der Waals surface area (Å²) in [6, 6.07) is 14.8. The van der Waals surface area contributed by atoms with Crippen molar-refractivity contribution in [3.05, 3.63) is 82.6 Å². The average molecular weight is 324 g/mol. The van der Waals surface area contributed by atoms with Crippen molar-refractivity contribution in [1.29, 1.82) is 0 Å². The summed E-state index contributed by atoms with van der Waals surface area (Å²) in [4.78, 5) is 20.1. The molecule has 0 aliphatic heterocycles. The van der Waals surface area contributed by atoms with Crippen molar-refractivity contribution in [2.24, 2.45) is 5.73 Å². The zero-order valence-corrected chi connectivity index (χ0v) is 13.0. The van der Waals surface area contributed by atoms with Gasteiger partial charge in [-0.25, -0.2) is 0 Å². The van der Waals surface area contributed by atoms with E-state index in [2.05, 4.69) is 9.97 Å². The molecule has 0 fully saturated rings. The van der Waals surface area contributed by atoms with Crippen molar-refractivity contribution < 1.29 is 4.79 Å². The molecule has 0 bridgehead atoms. The molecule has 114 valence electrons. The van der Waals surface area contributed by atoms with Crippen LogP contribution in [-0.2, 0) is 6.42 Å². The lowest BCUT2D eigenvalue weighted by Crippen LogP contribution is -2.13. The standard InChI is InChI=1S/C18H14ClN3O/c19-14-4-1-3-12(10-14)9-13-6-7-16(22-11-13)17-15(18(20)23)5-2-8-21-17/h1-8,10-11H,9H2,(H2,20,23). The normalized spacial score (nSPS) is 10.5. The van der Waals surface area contributed by atoms with Crippen LogP contribution in [0.25, 0.3) is 11.4 Å². The molecule has 3 aromatic rings. The van der Waals surface area contributed by atoms with E-state index < -0.39 is 5.91 Å². The Bertz CT molecular complexity index is 847. The maximum Gasteiger partial charge on any atom is 0.250 e. The van der Waals surface area contributed by atoms with Crippen molar-refractivity contribution in [2.75, 3.05) is 0 Å². The van der Waals surface area contributed by atoms with Gasteiger partial charge in [-0.2, -0.15) is 0 Å². The van der Waals surface area contributed by atoms with Gasteiger partial charge in [0.25, 0.3) is 5.91 Å². The van der Waals surface area contributed by atoms with E-state index in [1.807, 2.05) is 36.4 Å². The average Bonchev–Trinajstić information content (AvgIpc) is 2.55. The van der Waals surface area contributed by atoms with E-state index in [1.54, 1.807) is 24.5 Å². The monoisotopic (exact) mass is 323 g/mol. The molecule has 0 aliphatic rings. The fourth-order valence-electron chi connectivity index (χ4n) is 2.36. The zero-order valence-electron chi connectivity index (χ0n) is 12.2. The third-order valence-corrected chi connectivity index (χ3v) is 3.67. The molecule has 2 N–H and O–H groups in total. The number of primary amides is 1. The number of halogens is 1. The van der Waals surface area contributed by atoms with Crippen LogP contribution < -0.4 is 5.73 Å². The minimum atomic E-state index is -0.516. The Morgan fingerprint density at radius 1 is 1.04 bits per heavy atom. The van der Waals surface area contributed by atoms with Gasteiger partial charge in [0.15, 0.2) is 0 Å². The van der Waals surface area contributed by atoms with Crippen LogP contribution in [0.5, 0.6) is 0 Å². The summed E-state index contributed by atoms with van der Waals surface area (Å²) in [5, 5.41) is 0.715. The first kappa shape index (κ1) is 15.2. The Kier molecular flexibility index (Phi) is 4.35. The molecule has 0 radical (unpaired) electrons. The Balaban J connectivity index is 1.87. The Labute approximate surface area is 139 Å². The van der Waals surface area contributed by atoms with Crippen LogP contribution in [0.1, 0.15) is 21.5 Å². The summed E-state index contributed by atoms with van der Waals surface area (Å²) >= 11 is 6.00. The first-order valence-electron chi connectivity index (χ1n) is 7.08. The predicted molar refractivity (Wildman–Crippen MR) is 90.2 cm³/mol. The third kappa shape index (κ3) is 3.55. The van der Waals surface area contributed by atoms with Crippen LogP contribution in [0.15, 0.2) is 60.9 Å². The fourth-order valence-corrected chi connectivity index (χ4v) is 2.57. The van der Waals surface area contributed by atoms with Crippen LogP contribution in [0.3, 0.4) is 0 Å². The van der Waals surface area contributed by atoms with Crippen molar-refractivity contribution in [3.8, 4) is 11.4 Å². The molecule has 5 heteroatoms. The van der Waals surface area contributed by atoms with Gasteiger partial charge in [0, 0.05) is 17.4 Å². The van der Waals surface area contributed by atoms with Gasteiger partial charge >= 0.3 is 0 Å². The summed E-state index contributed by atoms with van der Waals surface area (Å²) < 4.78 is 0. The molecular weight excluding hydrogens is 310 g/mol. The molecule has 4 nitrogen and oxygen atoms in total.